The third kappa shape index (κ3) is 4.16. The summed E-state index contributed by atoms with van der Waals surface area (Å²) in [4.78, 5) is 35.9. The van der Waals surface area contributed by atoms with Crippen molar-refractivity contribution < 1.29 is 18.4 Å². The third-order valence-electron chi connectivity index (χ3n) is 4.60. The summed E-state index contributed by atoms with van der Waals surface area (Å²) < 4.78 is 28.5. The molecule has 7 nitrogen and oxygen atoms in total. The highest BCUT2D eigenvalue weighted by Crippen LogP contribution is 2.30. The highest BCUT2D eigenvalue weighted by atomic mass is 19.1. The number of carbonyl (C=O) groups excluding carboxylic acids is 2. The van der Waals surface area contributed by atoms with Crippen molar-refractivity contribution in [1.29, 1.82) is 0 Å². The number of likely N-dealkylation sites (N-methyl/N-ethyl adjacent to an activating group) is 1. The molecule has 0 radical (unpaired) electrons. The summed E-state index contributed by atoms with van der Waals surface area (Å²) in [6.45, 7) is 2.40. The summed E-state index contributed by atoms with van der Waals surface area (Å²) in [7, 11) is 0. The number of carbonyl (C=O) groups is 2. The van der Waals surface area contributed by atoms with E-state index >= 15 is 0 Å². The molecule has 1 aliphatic rings. The smallest absolute Gasteiger partial charge is 0.283 e. The van der Waals surface area contributed by atoms with Gasteiger partial charge in [-0.1, -0.05) is 18.2 Å². The number of amides is 2. The van der Waals surface area contributed by atoms with Gasteiger partial charge in [0.2, 0.25) is 5.91 Å². The fourth-order valence-corrected chi connectivity index (χ4v) is 3.17. The van der Waals surface area contributed by atoms with Crippen LogP contribution in [0.2, 0.25) is 0 Å². The average molecular weight is 421 g/mol. The largest absolute Gasteiger partial charge is 0.356 e. The van der Waals surface area contributed by atoms with Crippen LogP contribution in [0.4, 0.5) is 20.3 Å². The number of anilines is 2. The van der Waals surface area contributed by atoms with Crippen LogP contribution in [0, 0.1) is 11.6 Å². The molecule has 0 saturated carbocycles. The molecule has 1 aliphatic heterocycles. The lowest BCUT2D eigenvalue weighted by Crippen LogP contribution is -2.24. The Hall–Kier alpha value is -4.01. The van der Waals surface area contributed by atoms with Gasteiger partial charge in [0.25, 0.3) is 5.91 Å². The van der Waals surface area contributed by atoms with Gasteiger partial charge < -0.3 is 10.6 Å². The summed E-state index contributed by atoms with van der Waals surface area (Å²) in [6.07, 6.45) is 1.47. The zero-order valence-electron chi connectivity index (χ0n) is 16.4. The van der Waals surface area contributed by atoms with Crippen molar-refractivity contribution in [3.63, 3.8) is 0 Å². The molecule has 2 heterocycles. The summed E-state index contributed by atoms with van der Waals surface area (Å²) in [5.74, 6) is -2.39. The van der Waals surface area contributed by atoms with Crippen LogP contribution in [0.5, 0.6) is 0 Å². The van der Waals surface area contributed by atoms with Gasteiger partial charge in [0.05, 0.1) is 18.2 Å². The lowest BCUT2D eigenvalue weighted by atomic mass is 10.1. The minimum atomic E-state index is -0.818. The number of nitrogens with zero attached hydrogens (tertiary/aromatic N) is 3. The summed E-state index contributed by atoms with van der Waals surface area (Å²) >= 11 is 0. The number of nitrogens with one attached hydrogen (secondary N) is 2. The Morgan fingerprint density at radius 3 is 2.39 bits per heavy atom. The molecular weight excluding hydrogens is 404 g/mol. The molecule has 0 spiro atoms. The molecule has 0 saturated heterocycles. The van der Waals surface area contributed by atoms with Crippen molar-refractivity contribution in [3.8, 4) is 11.4 Å². The van der Waals surface area contributed by atoms with Crippen LogP contribution in [0.3, 0.4) is 0 Å². The van der Waals surface area contributed by atoms with Gasteiger partial charge in [-0.2, -0.15) is 0 Å². The zero-order valence-corrected chi connectivity index (χ0v) is 16.4. The van der Waals surface area contributed by atoms with E-state index in [1.165, 1.54) is 12.3 Å². The molecule has 0 aliphatic carbocycles. The Morgan fingerprint density at radius 1 is 1.00 bits per heavy atom. The first-order chi connectivity index (χ1) is 15.0. The molecule has 2 amide bonds. The van der Waals surface area contributed by atoms with E-state index in [4.69, 9.17) is 0 Å². The molecule has 3 aromatic rings. The molecule has 2 N–H and O–H groups in total. The van der Waals surface area contributed by atoms with Gasteiger partial charge in [-0.15, -0.1) is 0 Å². The van der Waals surface area contributed by atoms with E-state index in [1.54, 1.807) is 24.3 Å². The van der Waals surface area contributed by atoms with Gasteiger partial charge in [-0.3, -0.25) is 9.59 Å². The van der Waals surface area contributed by atoms with Crippen LogP contribution in [-0.2, 0) is 11.2 Å². The summed E-state index contributed by atoms with van der Waals surface area (Å²) in [6, 6.07) is 10.4. The first-order valence-electron chi connectivity index (χ1n) is 9.53. The van der Waals surface area contributed by atoms with Crippen LogP contribution in [-0.4, -0.2) is 34.5 Å². The summed E-state index contributed by atoms with van der Waals surface area (Å²) in [5, 5.41) is 5.72. The molecule has 1 aromatic heterocycles. The van der Waals surface area contributed by atoms with Gasteiger partial charge >= 0.3 is 0 Å². The van der Waals surface area contributed by atoms with E-state index in [9.17, 15) is 18.4 Å². The van der Waals surface area contributed by atoms with Gasteiger partial charge in [0, 0.05) is 12.2 Å². The molecule has 0 fully saturated rings. The second-order valence-corrected chi connectivity index (χ2v) is 6.77. The minimum Gasteiger partial charge on any atom is -0.356 e. The van der Waals surface area contributed by atoms with Crippen molar-refractivity contribution >= 4 is 29.5 Å². The lowest BCUT2D eigenvalue weighted by molar-refractivity contribution is -0.120. The highest BCUT2D eigenvalue weighted by molar-refractivity contribution is 6.15. The number of aromatic nitrogens is 2. The Bertz CT molecular complexity index is 1190. The van der Waals surface area contributed by atoms with Crippen LogP contribution in [0.1, 0.15) is 28.5 Å². The SMILES string of the molecule is CCNC(=O)Cc1ccc(Nc2nc(-c3c(F)cccc3F)nc3c2C(=O)N=C3)cc1. The number of benzene rings is 2. The van der Waals surface area contributed by atoms with Gasteiger partial charge in [0.1, 0.15) is 28.7 Å². The van der Waals surface area contributed by atoms with Crippen molar-refractivity contribution in [1.82, 2.24) is 15.3 Å². The molecular formula is C22H17F2N5O2. The molecule has 0 unspecified atom stereocenters. The van der Waals surface area contributed by atoms with E-state index in [0.717, 1.165) is 17.7 Å². The second kappa shape index (κ2) is 8.39. The number of rotatable bonds is 6. The first-order valence-corrected chi connectivity index (χ1v) is 9.53. The van der Waals surface area contributed by atoms with Crippen molar-refractivity contribution in [2.45, 2.75) is 13.3 Å². The molecule has 156 valence electrons. The van der Waals surface area contributed by atoms with E-state index in [-0.39, 0.29) is 35.2 Å². The fraction of sp³-hybridized carbons (Fsp3) is 0.136. The maximum Gasteiger partial charge on any atom is 0.283 e. The Labute approximate surface area is 176 Å². The van der Waals surface area contributed by atoms with Gasteiger partial charge in [-0.25, -0.2) is 23.7 Å². The van der Waals surface area contributed by atoms with E-state index in [0.29, 0.717) is 12.2 Å². The normalized spacial score (nSPS) is 12.0. The number of hydrogen-bond donors (Lipinski definition) is 2. The molecule has 4 rings (SSSR count). The van der Waals surface area contributed by atoms with Crippen LogP contribution >= 0.6 is 0 Å². The Morgan fingerprint density at radius 2 is 1.71 bits per heavy atom. The maximum atomic E-state index is 14.3. The number of fused-ring (bicyclic) bond motifs is 1. The van der Waals surface area contributed by atoms with Crippen molar-refractivity contribution in [2.75, 3.05) is 11.9 Å². The van der Waals surface area contributed by atoms with E-state index in [2.05, 4.69) is 25.6 Å². The zero-order chi connectivity index (χ0) is 22.0. The topological polar surface area (TPSA) is 96.3 Å². The van der Waals surface area contributed by atoms with Gasteiger partial charge in [0.15, 0.2) is 5.82 Å². The van der Waals surface area contributed by atoms with Gasteiger partial charge in [-0.05, 0) is 36.8 Å². The highest BCUT2D eigenvalue weighted by Gasteiger charge is 2.26. The maximum absolute atomic E-state index is 14.3. The van der Waals surface area contributed by atoms with E-state index in [1.807, 2.05) is 6.92 Å². The standard InChI is InChI=1S/C22H17F2N5O2/c1-2-25-17(30)10-12-6-8-13(9-7-12)27-21-19-16(11-26-22(19)31)28-20(29-21)18-14(23)4-3-5-15(18)24/h3-9,11H,2,10H2,1H3,(H,25,30)(H,27,28,29). The van der Waals surface area contributed by atoms with E-state index < -0.39 is 23.1 Å². The lowest BCUT2D eigenvalue weighted by Gasteiger charge is -2.12. The predicted molar refractivity (Wildman–Crippen MR) is 111 cm³/mol. The molecule has 9 heteroatoms. The van der Waals surface area contributed by atoms with Crippen LogP contribution < -0.4 is 10.6 Å². The number of halogens is 2. The van der Waals surface area contributed by atoms with Crippen LogP contribution in [0.15, 0.2) is 47.5 Å². The Balaban J connectivity index is 1.68. The minimum absolute atomic E-state index is 0.0848. The third-order valence-corrected chi connectivity index (χ3v) is 4.60. The monoisotopic (exact) mass is 421 g/mol. The first kappa shape index (κ1) is 20.3. The molecule has 0 atom stereocenters. The Kier molecular flexibility index (Phi) is 5.48. The fourth-order valence-electron chi connectivity index (χ4n) is 3.17. The van der Waals surface area contributed by atoms with Crippen LogP contribution in [0.25, 0.3) is 11.4 Å². The predicted octanol–water partition coefficient (Wildman–Crippen LogP) is 3.42. The molecule has 0 bridgehead atoms. The average Bonchev–Trinajstić information content (AvgIpc) is 3.11. The van der Waals surface area contributed by atoms with Crippen molar-refractivity contribution in [2.24, 2.45) is 4.99 Å². The quantitative estimate of drug-likeness (QED) is 0.636. The summed E-state index contributed by atoms with van der Waals surface area (Å²) in [5.41, 5.74) is 1.27. The van der Waals surface area contributed by atoms with Crippen molar-refractivity contribution in [3.05, 3.63) is 70.9 Å². The number of hydrogen-bond acceptors (Lipinski definition) is 5. The molecule has 2 aromatic carbocycles. The second-order valence-electron chi connectivity index (χ2n) is 6.77. The molecule has 31 heavy (non-hydrogen) atoms. The number of aliphatic imine (C=N–C) groups is 1.